The van der Waals surface area contributed by atoms with E-state index in [0.29, 0.717) is 24.1 Å². The lowest BCUT2D eigenvalue weighted by atomic mass is 9.78. The van der Waals surface area contributed by atoms with Gasteiger partial charge in [-0.1, -0.05) is 58.7 Å². The number of hydrogen-bond donors (Lipinski definition) is 4. The highest BCUT2D eigenvalue weighted by Gasteiger charge is 2.47. The molecule has 0 aliphatic heterocycles. The number of amides is 3. The smallest absolute Gasteiger partial charge is 0.418 e. The van der Waals surface area contributed by atoms with Crippen LogP contribution in [0.3, 0.4) is 0 Å². The summed E-state index contributed by atoms with van der Waals surface area (Å²) in [6.07, 6.45) is -4.83. The van der Waals surface area contributed by atoms with E-state index in [9.17, 15) is 41.1 Å². The molecule has 0 bridgehead atoms. The number of nitrogens with one attached hydrogen (secondary N) is 4. The van der Waals surface area contributed by atoms with Gasteiger partial charge in [0.25, 0.3) is 5.82 Å². The van der Waals surface area contributed by atoms with E-state index in [4.69, 9.17) is 9.26 Å². The number of rotatable bonds is 14. The molecular formula is C38H43F5N6O6. The van der Waals surface area contributed by atoms with Crippen molar-refractivity contribution in [3.63, 3.8) is 0 Å². The first-order valence-electron chi connectivity index (χ1n) is 18.1. The SMILES string of the molecule is CCOC(=O)c1noc(C(NC(=O)[C@]2(NC(=O)C(NC(=O)Cc3c(F)cccc3F)C(C)CC)CCc3[nH]c4c(C(F)(F)F)cccc4c3C2)[C@@H](C)CC)n1. The van der Waals surface area contributed by atoms with Gasteiger partial charge in [-0.05, 0) is 60.5 Å². The molecule has 3 unspecified atom stereocenters. The molecule has 5 atom stereocenters. The molecule has 2 aromatic heterocycles. The van der Waals surface area contributed by atoms with Gasteiger partial charge in [0.05, 0.1) is 24.1 Å². The number of carbonyl (C=O) groups is 4. The quantitative estimate of drug-likeness (QED) is 0.0888. The van der Waals surface area contributed by atoms with E-state index in [0.717, 1.165) is 24.3 Å². The summed E-state index contributed by atoms with van der Waals surface area (Å²) >= 11 is 0. The topological polar surface area (TPSA) is 168 Å². The van der Waals surface area contributed by atoms with E-state index in [-0.39, 0.29) is 54.4 Å². The van der Waals surface area contributed by atoms with Gasteiger partial charge in [0.15, 0.2) is 0 Å². The van der Waals surface area contributed by atoms with E-state index in [1.807, 2.05) is 6.92 Å². The summed E-state index contributed by atoms with van der Waals surface area (Å²) < 4.78 is 81.4. The Bertz CT molecular complexity index is 2040. The summed E-state index contributed by atoms with van der Waals surface area (Å²) in [5.41, 5.74) is -2.52. The number of hydrogen-bond acceptors (Lipinski definition) is 8. The van der Waals surface area contributed by atoms with E-state index in [1.54, 1.807) is 27.7 Å². The fraction of sp³-hybridized carbons (Fsp3) is 0.474. The zero-order valence-electron chi connectivity index (χ0n) is 31.0. The second-order valence-corrected chi connectivity index (χ2v) is 13.9. The molecule has 0 fully saturated rings. The van der Waals surface area contributed by atoms with Crippen LogP contribution >= 0.6 is 0 Å². The highest BCUT2D eigenvalue weighted by atomic mass is 19.4. The predicted molar refractivity (Wildman–Crippen MR) is 188 cm³/mol. The van der Waals surface area contributed by atoms with Crippen LogP contribution in [-0.2, 0) is 44.6 Å². The molecule has 2 aromatic carbocycles. The molecule has 1 aliphatic carbocycles. The van der Waals surface area contributed by atoms with E-state index >= 15 is 0 Å². The molecule has 0 spiro atoms. The van der Waals surface area contributed by atoms with Crippen LogP contribution in [0.5, 0.6) is 0 Å². The molecule has 5 rings (SSSR count). The Morgan fingerprint density at radius 1 is 0.982 bits per heavy atom. The zero-order valence-corrected chi connectivity index (χ0v) is 31.0. The van der Waals surface area contributed by atoms with Crippen molar-refractivity contribution >= 4 is 34.6 Å². The third-order valence-corrected chi connectivity index (χ3v) is 10.3. The van der Waals surface area contributed by atoms with Gasteiger partial charge >= 0.3 is 12.1 Å². The van der Waals surface area contributed by atoms with E-state index in [2.05, 4.69) is 31.1 Å². The first-order valence-corrected chi connectivity index (χ1v) is 18.1. The normalized spacial score (nSPS) is 17.8. The molecule has 4 N–H and O–H groups in total. The maximum Gasteiger partial charge on any atom is 0.418 e. The molecule has 4 aromatic rings. The predicted octanol–water partition coefficient (Wildman–Crippen LogP) is 6.05. The number of aryl methyl sites for hydroxylation is 1. The first kappa shape index (κ1) is 40.8. The fourth-order valence-electron chi connectivity index (χ4n) is 6.77. The number of ether oxygens (including phenoxy) is 1. The average Bonchev–Trinajstić information content (AvgIpc) is 3.78. The van der Waals surface area contributed by atoms with Crippen LogP contribution in [0.4, 0.5) is 22.0 Å². The highest BCUT2D eigenvalue weighted by Crippen LogP contribution is 2.40. The van der Waals surface area contributed by atoms with Crippen molar-refractivity contribution in [3.05, 3.63) is 82.1 Å². The van der Waals surface area contributed by atoms with Gasteiger partial charge in [-0.25, -0.2) is 13.6 Å². The molecule has 0 radical (unpaired) electrons. The standard InChI is InChI=1S/C38H43F5N6O6/c1-6-19(4)29(45-28(50)17-22-25(39)13-10-14-26(22)40)33(51)48-37(16-15-27-23(18-37)21-11-9-12-24(31(21)44-27)38(41,42)43)36(53)46-30(20(5)7-2)34-47-32(49-55-34)35(52)54-8-3/h9-14,19-20,29-30,44H,6-8,15-18H2,1-5H3,(H,45,50)(H,46,53)(H,48,51)/t19?,20-,29?,30?,37-/m0/s1. The van der Waals surface area contributed by atoms with Crippen molar-refractivity contribution in [2.75, 3.05) is 6.61 Å². The number of nitrogens with zero attached hydrogens (tertiary/aromatic N) is 2. The fourth-order valence-corrected chi connectivity index (χ4v) is 6.77. The third kappa shape index (κ3) is 8.65. The Kier molecular flexibility index (Phi) is 12.3. The highest BCUT2D eigenvalue weighted by molar-refractivity contribution is 5.97. The van der Waals surface area contributed by atoms with Crippen LogP contribution in [0.2, 0.25) is 0 Å². The third-order valence-electron chi connectivity index (χ3n) is 10.3. The summed E-state index contributed by atoms with van der Waals surface area (Å²) in [6, 6.07) is 4.60. The van der Waals surface area contributed by atoms with Gasteiger partial charge in [-0.3, -0.25) is 14.4 Å². The maximum atomic E-state index is 14.7. The molecule has 296 valence electrons. The van der Waals surface area contributed by atoms with Crippen molar-refractivity contribution in [3.8, 4) is 0 Å². The minimum Gasteiger partial charge on any atom is -0.460 e. The summed E-state index contributed by atoms with van der Waals surface area (Å²) in [4.78, 5) is 61.6. The van der Waals surface area contributed by atoms with Crippen molar-refractivity contribution in [2.45, 2.75) is 96.9 Å². The Morgan fingerprint density at radius 2 is 1.65 bits per heavy atom. The largest absolute Gasteiger partial charge is 0.460 e. The molecule has 0 saturated heterocycles. The summed E-state index contributed by atoms with van der Waals surface area (Å²) in [7, 11) is 0. The molecule has 12 nitrogen and oxygen atoms in total. The van der Waals surface area contributed by atoms with Crippen molar-refractivity contribution in [2.24, 2.45) is 11.8 Å². The Morgan fingerprint density at radius 3 is 2.29 bits per heavy atom. The maximum absolute atomic E-state index is 14.7. The minimum atomic E-state index is -4.68. The van der Waals surface area contributed by atoms with Crippen LogP contribution in [0.25, 0.3) is 10.9 Å². The lowest BCUT2D eigenvalue weighted by Gasteiger charge is -2.39. The molecule has 55 heavy (non-hydrogen) atoms. The molecule has 1 aliphatic rings. The summed E-state index contributed by atoms with van der Waals surface area (Å²) in [5, 5.41) is 12.2. The molecule has 17 heteroatoms. The first-order chi connectivity index (χ1) is 26.0. The van der Waals surface area contributed by atoms with Gasteiger partial charge in [0.1, 0.15) is 29.3 Å². The Labute approximate surface area is 313 Å². The number of fused-ring (bicyclic) bond motifs is 3. The minimum absolute atomic E-state index is 0.0451. The van der Waals surface area contributed by atoms with Gasteiger partial charge in [-0.15, -0.1) is 0 Å². The molecule has 2 heterocycles. The van der Waals surface area contributed by atoms with Gasteiger partial charge in [-0.2, -0.15) is 18.2 Å². The number of para-hydroxylation sites is 1. The summed E-state index contributed by atoms with van der Waals surface area (Å²) in [5.74, 6) is -6.49. The van der Waals surface area contributed by atoms with Crippen molar-refractivity contribution < 1.29 is 50.4 Å². The Balaban J connectivity index is 1.53. The van der Waals surface area contributed by atoms with Crippen LogP contribution < -0.4 is 16.0 Å². The van der Waals surface area contributed by atoms with E-state index < -0.39 is 82.6 Å². The Hall–Kier alpha value is -5.35. The lowest BCUT2D eigenvalue weighted by Crippen LogP contribution is -2.65. The number of benzene rings is 2. The number of aromatic amines is 1. The van der Waals surface area contributed by atoms with Gasteiger partial charge < -0.3 is 30.2 Å². The van der Waals surface area contributed by atoms with Crippen LogP contribution in [0.1, 0.15) is 98.8 Å². The second-order valence-electron chi connectivity index (χ2n) is 13.9. The second kappa shape index (κ2) is 16.6. The zero-order chi connectivity index (χ0) is 40.2. The van der Waals surface area contributed by atoms with Crippen LogP contribution in [-0.4, -0.2) is 57.0 Å². The van der Waals surface area contributed by atoms with Crippen LogP contribution in [0, 0.1) is 23.5 Å². The molecule has 3 amide bonds. The average molecular weight is 775 g/mol. The van der Waals surface area contributed by atoms with Crippen molar-refractivity contribution in [1.29, 1.82) is 0 Å². The monoisotopic (exact) mass is 774 g/mol. The number of halogens is 5. The number of alkyl halides is 3. The molecular weight excluding hydrogens is 731 g/mol. The van der Waals surface area contributed by atoms with E-state index in [1.165, 1.54) is 12.1 Å². The lowest BCUT2D eigenvalue weighted by molar-refractivity contribution is -0.137. The van der Waals surface area contributed by atoms with Gasteiger partial charge in [0, 0.05) is 23.1 Å². The number of carbonyl (C=O) groups excluding carboxylic acids is 4. The van der Waals surface area contributed by atoms with Crippen molar-refractivity contribution in [1.82, 2.24) is 31.1 Å². The van der Waals surface area contributed by atoms with Crippen LogP contribution in [0.15, 0.2) is 40.9 Å². The molecule has 0 saturated carbocycles. The summed E-state index contributed by atoms with van der Waals surface area (Å²) in [6.45, 7) is 8.71. The number of aromatic nitrogens is 3. The number of H-pyrrole nitrogens is 1. The van der Waals surface area contributed by atoms with Gasteiger partial charge in [0.2, 0.25) is 23.6 Å². The number of esters is 1.